The third kappa shape index (κ3) is 6.28. The molecule has 0 unspecified atom stereocenters. The molecule has 8 nitrogen and oxygen atoms in total. The number of likely N-dealkylation sites (tertiary alicyclic amines) is 1. The van der Waals surface area contributed by atoms with E-state index in [1.54, 1.807) is 26.4 Å². The maximum atomic E-state index is 12.5. The van der Waals surface area contributed by atoms with Crippen LogP contribution in [-0.2, 0) is 4.79 Å². The Morgan fingerprint density at radius 3 is 2.23 bits per heavy atom. The second-order valence-electron chi connectivity index (χ2n) is 7.19. The van der Waals surface area contributed by atoms with Gasteiger partial charge in [0.2, 0.25) is 11.7 Å². The number of nitrogens with zero attached hydrogens (tertiary/aromatic N) is 1. The largest absolute Gasteiger partial charge is 0.493 e. The van der Waals surface area contributed by atoms with Crippen LogP contribution in [0.3, 0.4) is 0 Å². The number of urea groups is 1. The predicted octanol–water partition coefficient (Wildman–Crippen LogP) is 3.29. The molecule has 8 heteroatoms. The van der Waals surface area contributed by atoms with Gasteiger partial charge in [-0.1, -0.05) is 24.3 Å². The Labute approximate surface area is 182 Å². The maximum absolute atomic E-state index is 12.5. The van der Waals surface area contributed by atoms with Gasteiger partial charge in [-0.25, -0.2) is 4.79 Å². The Hall–Kier alpha value is -3.42. The summed E-state index contributed by atoms with van der Waals surface area (Å²) in [5.41, 5.74) is 0.708. The summed E-state index contributed by atoms with van der Waals surface area (Å²) in [5.74, 6) is 1.86. The first-order valence-corrected chi connectivity index (χ1v) is 10.4. The molecule has 1 fully saturated rings. The molecule has 1 aliphatic heterocycles. The number of rotatable bonds is 8. The number of amides is 3. The summed E-state index contributed by atoms with van der Waals surface area (Å²) in [5, 5.41) is 5.45. The molecule has 31 heavy (non-hydrogen) atoms. The Balaban J connectivity index is 1.40. The molecule has 1 aliphatic rings. The van der Waals surface area contributed by atoms with Crippen molar-refractivity contribution < 1.29 is 23.8 Å². The fourth-order valence-electron chi connectivity index (χ4n) is 3.46. The number of carbonyl (C=O) groups excluding carboxylic acids is 2. The van der Waals surface area contributed by atoms with Crippen molar-refractivity contribution in [3.63, 3.8) is 0 Å². The van der Waals surface area contributed by atoms with Gasteiger partial charge in [0.05, 0.1) is 14.2 Å². The molecule has 0 spiro atoms. The minimum atomic E-state index is -0.322. The molecule has 2 N–H and O–H groups in total. The van der Waals surface area contributed by atoms with Gasteiger partial charge in [0.25, 0.3) is 0 Å². The van der Waals surface area contributed by atoms with Crippen LogP contribution in [0.1, 0.15) is 19.3 Å². The zero-order valence-electron chi connectivity index (χ0n) is 17.9. The highest BCUT2D eigenvalue weighted by Crippen LogP contribution is 2.38. The molecule has 3 amide bonds. The summed E-state index contributed by atoms with van der Waals surface area (Å²) < 4.78 is 16.9. The summed E-state index contributed by atoms with van der Waals surface area (Å²) >= 11 is 0. The van der Waals surface area contributed by atoms with Crippen LogP contribution < -0.4 is 24.8 Å². The van der Waals surface area contributed by atoms with E-state index in [0.29, 0.717) is 36.0 Å². The summed E-state index contributed by atoms with van der Waals surface area (Å²) in [6, 6.07) is 14.4. The third-order valence-electron chi connectivity index (χ3n) is 5.12. The van der Waals surface area contributed by atoms with Gasteiger partial charge in [0, 0.05) is 44.6 Å². The lowest BCUT2D eigenvalue weighted by Crippen LogP contribution is -2.43. The summed E-state index contributed by atoms with van der Waals surface area (Å²) in [7, 11) is 3.19. The number of benzene rings is 2. The molecule has 0 aromatic heterocycles. The van der Waals surface area contributed by atoms with E-state index in [1.165, 1.54) is 0 Å². The van der Waals surface area contributed by atoms with E-state index in [9.17, 15) is 9.59 Å². The van der Waals surface area contributed by atoms with Gasteiger partial charge < -0.3 is 29.7 Å². The number of methoxy groups -OCH3 is 2. The van der Waals surface area contributed by atoms with Gasteiger partial charge in [-0.05, 0) is 24.3 Å². The van der Waals surface area contributed by atoms with Crippen LogP contribution in [0.25, 0.3) is 0 Å². The van der Waals surface area contributed by atoms with Crippen LogP contribution in [0.15, 0.2) is 48.5 Å². The standard InChI is InChI=1S/C23H29N3O5/c1-29-19-9-6-10-20(30-2)22(19)31-18-12-15-26(16-13-18)21(27)11-14-24-23(28)25-17-7-4-3-5-8-17/h3-10,18H,11-16H2,1-2H3,(H2,24,25,28). The van der Waals surface area contributed by atoms with Crippen molar-refractivity contribution in [3.8, 4) is 17.2 Å². The van der Waals surface area contributed by atoms with Crippen molar-refractivity contribution in [1.82, 2.24) is 10.2 Å². The number of piperidine rings is 1. The third-order valence-corrected chi connectivity index (χ3v) is 5.12. The Morgan fingerprint density at radius 1 is 0.968 bits per heavy atom. The number of ether oxygens (including phenoxy) is 3. The number of carbonyl (C=O) groups is 2. The van der Waals surface area contributed by atoms with Gasteiger partial charge in [-0.3, -0.25) is 4.79 Å². The topological polar surface area (TPSA) is 89.1 Å². The lowest BCUT2D eigenvalue weighted by Gasteiger charge is -2.32. The summed E-state index contributed by atoms with van der Waals surface area (Å²) in [6.45, 7) is 1.50. The highest BCUT2D eigenvalue weighted by molar-refractivity contribution is 5.89. The summed E-state index contributed by atoms with van der Waals surface area (Å²) in [6.07, 6.45) is 1.67. The number of hydrogen-bond acceptors (Lipinski definition) is 5. The van der Waals surface area contributed by atoms with E-state index in [1.807, 2.05) is 41.3 Å². The lowest BCUT2D eigenvalue weighted by molar-refractivity contribution is -0.132. The number of hydrogen-bond donors (Lipinski definition) is 2. The number of anilines is 1. The molecule has 1 saturated heterocycles. The van der Waals surface area contributed by atoms with Crippen molar-refractivity contribution in [3.05, 3.63) is 48.5 Å². The van der Waals surface area contributed by atoms with Crippen LogP contribution >= 0.6 is 0 Å². The monoisotopic (exact) mass is 427 g/mol. The van der Waals surface area contributed by atoms with Crippen molar-refractivity contribution >= 4 is 17.6 Å². The second-order valence-corrected chi connectivity index (χ2v) is 7.19. The van der Waals surface area contributed by atoms with E-state index in [-0.39, 0.29) is 31.0 Å². The Morgan fingerprint density at radius 2 is 1.61 bits per heavy atom. The molecular weight excluding hydrogens is 398 g/mol. The van der Waals surface area contributed by atoms with E-state index < -0.39 is 0 Å². The fourth-order valence-corrected chi connectivity index (χ4v) is 3.46. The van der Waals surface area contributed by atoms with Crippen LogP contribution in [-0.4, -0.2) is 56.8 Å². The molecule has 0 bridgehead atoms. The van der Waals surface area contributed by atoms with Crippen LogP contribution in [0.5, 0.6) is 17.2 Å². The molecule has 2 aromatic rings. The Kier molecular flexibility index (Phi) is 7.98. The van der Waals surface area contributed by atoms with Crippen LogP contribution in [0.2, 0.25) is 0 Å². The maximum Gasteiger partial charge on any atom is 0.319 e. The van der Waals surface area contributed by atoms with E-state index in [4.69, 9.17) is 14.2 Å². The minimum Gasteiger partial charge on any atom is -0.493 e. The van der Waals surface area contributed by atoms with Gasteiger partial charge >= 0.3 is 6.03 Å². The number of nitrogens with one attached hydrogen (secondary N) is 2. The van der Waals surface area contributed by atoms with Crippen molar-refractivity contribution in [2.24, 2.45) is 0 Å². The van der Waals surface area contributed by atoms with Gasteiger partial charge in [0.1, 0.15) is 6.10 Å². The van der Waals surface area contributed by atoms with E-state index in [0.717, 1.165) is 12.8 Å². The predicted molar refractivity (Wildman–Crippen MR) is 118 cm³/mol. The average molecular weight is 428 g/mol. The average Bonchev–Trinajstić information content (AvgIpc) is 2.80. The van der Waals surface area contributed by atoms with Crippen molar-refractivity contribution in [1.29, 1.82) is 0 Å². The molecule has 0 radical (unpaired) electrons. The first-order valence-electron chi connectivity index (χ1n) is 10.4. The first-order chi connectivity index (χ1) is 15.1. The van der Waals surface area contributed by atoms with Gasteiger partial charge in [-0.15, -0.1) is 0 Å². The SMILES string of the molecule is COc1cccc(OC)c1OC1CCN(C(=O)CCNC(=O)Nc2ccccc2)CC1. The quantitative estimate of drug-likeness (QED) is 0.675. The van der Waals surface area contributed by atoms with E-state index in [2.05, 4.69) is 10.6 Å². The van der Waals surface area contributed by atoms with Crippen molar-refractivity contribution in [2.45, 2.75) is 25.4 Å². The van der Waals surface area contributed by atoms with Gasteiger partial charge in [-0.2, -0.15) is 0 Å². The molecule has 0 aliphatic carbocycles. The zero-order chi connectivity index (χ0) is 22.1. The first kappa shape index (κ1) is 22.3. The number of para-hydroxylation sites is 2. The van der Waals surface area contributed by atoms with Crippen molar-refractivity contribution in [2.75, 3.05) is 39.2 Å². The fraction of sp³-hybridized carbons (Fsp3) is 0.391. The molecule has 1 heterocycles. The molecule has 2 aromatic carbocycles. The lowest BCUT2D eigenvalue weighted by atomic mass is 10.1. The smallest absolute Gasteiger partial charge is 0.319 e. The molecule has 166 valence electrons. The highest BCUT2D eigenvalue weighted by atomic mass is 16.5. The summed E-state index contributed by atoms with van der Waals surface area (Å²) in [4.78, 5) is 26.2. The van der Waals surface area contributed by atoms with Crippen LogP contribution in [0, 0.1) is 0 Å². The molecular formula is C23H29N3O5. The van der Waals surface area contributed by atoms with Gasteiger partial charge in [0.15, 0.2) is 11.5 Å². The normalized spacial score (nSPS) is 13.9. The zero-order valence-corrected chi connectivity index (χ0v) is 17.9. The molecule has 0 saturated carbocycles. The Bertz CT molecular complexity index is 845. The second kappa shape index (κ2) is 11.1. The molecule has 0 atom stereocenters. The highest BCUT2D eigenvalue weighted by Gasteiger charge is 2.25. The minimum absolute atomic E-state index is 0.0216. The molecule has 3 rings (SSSR count). The van der Waals surface area contributed by atoms with E-state index >= 15 is 0 Å². The van der Waals surface area contributed by atoms with Crippen LogP contribution in [0.4, 0.5) is 10.5 Å².